The minimum atomic E-state index is 0.256. The molecule has 0 radical (unpaired) electrons. The number of nitrogens with zero attached hydrogens (tertiary/aromatic N) is 2. The van der Waals surface area contributed by atoms with Crippen LogP contribution in [0.4, 0.5) is 11.6 Å². The first-order valence-electron chi connectivity index (χ1n) is 8.98. The van der Waals surface area contributed by atoms with Crippen LogP contribution < -0.4 is 5.32 Å². The zero-order valence-corrected chi connectivity index (χ0v) is 16.1. The highest BCUT2D eigenvalue weighted by molar-refractivity contribution is 6.30. The maximum Gasteiger partial charge on any atom is 0.239 e. The van der Waals surface area contributed by atoms with Crippen LogP contribution in [0.15, 0.2) is 94.3 Å². The molecular formula is C24H16ClN3O. The van der Waals surface area contributed by atoms with Crippen LogP contribution in [0, 0.1) is 11.3 Å². The second kappa shape index (κ2) is 8.47. The lowest BCUT2D eigenvalue weighted by Crippen LogP contribution is -1.93. The van der Waals surface area contributed by atoms with Gasteiger partial charge in [0.15, 0.2) is 0 Å². The molecule has 0 atom stereocenters. The van der Waals surface area contributed by atoms with Gasteiger partial charge in [0.05, 0.1) is 6.34 Å². The Morgan fingerprint density at radius 1 is 0.862 bits per heavy atom. The molecule has 0 spiro atoms. The van der Waals surface area contributed by atoms with Crippen molar-refractivity contribution in [3.63, 3.8) is 0 Å². The predicted molar refractivity (Wildman–Crippen MR) is 118 cm³/mol. The summed E-state index contributed by atoms with van der Waals surface area (Å²) in [6.07, 6.45) is 1.51. The highest BCUT2D eigenvalue weighted by Crippen LogP contribution is 2.42. The number of aliphatic imine (C=N–C) groups is 1. The second-order valence-electron chi connectivity index (χ2n) is 6.24. The topological polar surface area (TPSA) is 61.3 Å². The standard InChI is InChI=1S/C24H16ClN3O/c25-19-11-13-20(14-12-19)27-16-28-24-21(15-26)22(17-7-3-1-4-8-17)23(29-24)18-9-5-2-6-10-18/h1-14,16H,(H,27,28). The van der Waals surface area contributed by atoms with E-state index in [0.717, 1.165) is 22.4 Å². The molecule has 1 heterocycles. The van der Waals surface area contributed by atoms with Crippen LogP contribution >= 0.6 is 11.6 Å². The van der Waals surface area contributed by atoms with E-state index in [9.17, 15) is 5.26 Å². The zero-order valence-electron chi connectivity index (χ0n) is 15.3. The summed E-state index contributed by atoms with van der Waals surface area (Å²) in [6.45, 7) is 0. The molecule has 140 valence electrons. The minimum Gasteiger partial charge on any atom is -0.436 e. The maximum absolute atomic E-state index is 9.85. The van der Waals surface area contributed by atoms with Crippen molar-refractivity contribution in [2.75, 3.05) is 5.32 Å². The molecule has 0 aliphatic carbocycles. The summed E-state index contributed by atoms with van der Waals surface area (Å²) in [7, 11) is 0. The molecule has 1 N–H and O–H groups in total. The lowest BCUT2D eigenvalue weighted by molar-refractivity contribution is 0.593. The maximum atomic E-state index is 9.85. The molecule has 0 amide bonds. The number of nitrogens with one attached hydrogen (secondary N) is 1. The monoisotopic (exact) mass is 397 g/mol. The van der Waals surface area contributed by atoms with E-state index in [4.69, 9.17) is 16.0 Å². The average molecular weight is 398 g/mol. The summed E-state index contributed by atoms with van der Waals surface area (Å²) >= 11 is 5.91. The Bertz CT molecular complexity index is 1170. The van der Waals surface area contributed by atoms with E-state index in [1.165, 1.54) is 6.34 Å². The normalized spacial score (nSPS) is 10.8. The predicted octanol–water partition coefficient (Wildman–Crippen LogP) is 6.91. The Labute approximate surface area is 173 Å². The van der Waals surface area contributed by atoms with Gasteiger partial charge in [-0.05, 0) is 29.8 Å². The van der Waals surface area contributed by atoms with Gasteiger partial charge in [-0.25, -0.2) is 4.99 Å². The van der Waals surface area contributed by atoms with Crippen molar-refractivity contribution < 1.29 is 4.42 Å². The molecule has 3 aromatic carbocycles. The molecule has 0 saturated carbocycles. The van der Waals surface area contributed by atoms with Crippen molar-refractivity contribution in [3.8, 4) is 28.5 Å². The van der Waals surface area contributed by atoms with Crippen LogP contribution in [0.25, 0.3) is 22.5 Å². The molecule has 0 fully saturated rings. The number of rotatable bonds is 5. The van der Waals surface area contributed by atoms with E-state index in [2.05, 4.69) is 16.4 Å². The number of halogens is 1. The molecule has 0 bridgehead atoms. The first kappa shape index (κ1) is 18.5. The van der Waals surface area contributed by atoms with Gasteiger partial charge < -0.3 is 9.73 Å². The van der Waals surface area contributed by atoms with Gasteiger partial charge in [0.1, 0.15) is 17.4 Å². The molecular weight excluding hydrogens is 382 g/mol. The lowest BCUT2D eigenvalue weighted by Gasteiger charge is -2.03. The van der Waals surface area contributed by atoms with Crippen LogP contribution in [0.1, 0.15) is 5.56 Å². The van der Waals surface area contributed by atoms with Gasteiger partial charge in [0, 0.05) is 21.8 Å². The fraction of sp³-hybridized carbons (Fsp3) is 0. The van der Waals surface area contributed by atoms with Crippen molar-refractivity contribution in [1.82, 2.24) is 0 Å². The Hall–Kier alpha value is -3.81. The SMILES string of the molecule is N#Cc1c(/N=C/Nc2ccc(Cl)cc2)oc(-c2ccccc2)c1-c1ccccc1. The molecule has 4 nitrogen and oxygen atoms in total. The Morgan fingerprint density at radius 2 is 1.48 bits per heavy atom. The van der Waals surface area contributed by atoms with Crippen molar-refractivity contribution in [2.45, 2.75) is 0 Å². The highest BCUT2D eigenvalue weighted by atomic mass is 35.5. The Morgan fingerprint density at radius 3 is 2.10 bits per heavy atom. The third kappa shape index (κ3) is 4.06. The van der Waals surface area contributed by atoms with Gasteiger partial charge in [-0.3, -0.25) is 0 Å². The first-order chi connectivity index (χ1) is 14.3. The first-order valence-corrected chi connectivity index (χ1v) is 9.36. The largest absolute Gasteiger partial charge is 0.436 e. The minimum absolute atomic E-state index is 0.256. The van der Waals surface area contributed by atoms with E-state index in [1.54, 1.807) is 12.1 Å². The molecule has 4 rings (SSSR count). The van der Waals surface area contributed by atoms with E-state index < -0.39 is 0 Å². The van der Waals surface area contributed by atoms with Gasteiger partial charge in [-0.2, -0.15) is 5.26 Å². The third-order valence-corrected chi connectivity index (χ3v) is 4.61. The van der Waals surface area contributed by atoms with Crippen molar-refractivity contribution in [3.05, 3.63) is 95.5 Å². The summed E-state index contributed by atoms with van der Waals surface area (Å²) in [4.78, 5) is 4.37. The van der Waals surface area contributed by atoms with Crippen LogP contribution in [0.2, 0.25) is 5.02 Å². The molecule has 0 aliphatic heterocycles. The second-order valence-corrected chi connectivity index (χ2v) is 6.68. The number of benzene rings is 3. The Balaban J connectivity index is 1.76. The van der Waals surface area contributed by atoms with E-state index in [-0.39, 0.29) is 5.88 Å². The van der Waals surface area contributed by atoms with Crippen LogP contribution in [-0.2, 0) is 0 Å². The summed E-state index contributed by atoms with van der Waals surface area (Å²) < 4.78 is 6.05. The van der Waals surface area contributed by atoms with Gasteiger partial charge in [0.2, 0.25) is 5.88 Å². The van der Waals surface area contributed by atoms with Gasteiger partial charge in [-0.1, -0.05) is 72.3 Å². The number of anilines is 1. The molecule has 5 heteroatoms. The highest BCUT2D eigenvalue weighted by Gasteiger charge is 2.22. The smallest absolute Gasteiger partial charge is 0.239 e. The van der Waals surface area contributed by atoms with Crippen molar-refractivity contribution in [1.29, 1.82) is 5.26 Å². The van der Waals surface area contributed by atoms with Crippen molar-refractivity contribution in [2.24, 2.45) is 4.99 Å². The molecule has 0 unspecified atom stereocenters. The van der Waals surface area contributed by atoms with E-state index in [0.29, 0.717) is 16.3 Å². The summed E-state index contributed by atoms with van der Waals surface area (Å²) in [5.41, 5.74) is 3.74. The lowest BCUT2D eigenvalue weighted by atomic mass is 9.98. The number of furan rings is 1. The molecule has 29 heavy (non-hydrogen) atoms. The number of hydrogen-bond acceptors (Lipinski definition) is 3. The fourth-order valence-corrected chi connectivity index (χ4v) is 3.12. The quantitative estimate of drug-likeness (QED) is 0.294. The van der Waals surface area contributed by atoms with Crippen LogP contribution in [0.3, 0.4) is 0 Å². The Kier molecular flexibility index (Phi) is 5.42. The number of nitriles is 1. The van der Waals surface area contributed by atoms with E-state index in [1.807, 2.05) is 72.8 Å². The summed E-state index contributed by atoms with van der Waals surface area (Å²) in [5.74, 6) is 0.874. The molecule has 4 aromatic rings. The van der Waals surface area contributed by atoms with Gasteiger partial charge >= 0.3 is 0 Å². The third-order valence-electron chi connectivity index (χ3n) is 4.36. The summed E-state index contributed by atoms with van der Waals surface area (Å²) in [5, 5.41) is 13.6. The van der Waals surface area contributed by atoms with Gasteiger partial charge in [-0.15, -0.1) is 0 Å². The van der Waals surface area contributed by atoms with Crippen molar-refractivity contribution >= 4 is 29.5 Å². The number of hydrogen-bond donors (Lipinski definition) is 1. The zero-order chi connectivity index (χ0) is 20.1. The van der Waals surface area contributed by atoms with E-state index >= 15 is 0 Å². The van der Waals surface area contributed by atoms with Gasteiger partial charge in [0.25, 0.3) is 0 Å². The summed E-state index contributed by atoms with van der Waals surface area (Å²) in [6, 6.07) is 28.9. The van der Waals surface area contributed by atoms with Crippen LogP contribution in [-0.4, -0.2) is 6.34 Å². The fourth-order valence-electron chi connectivity index (χ4n) is 3.00. The molecule has 0 aliphatic rings. The molecule has 1 aromatic heterocycles. The average Bonchev–Trinajstić information content (AvgIpc) is 3.15. The molecule has 0 saturated heterocycles. The van der Waals surface area contributed by atoms with Crippen LogP contribution in [0.5, 0.6) is 0 Å².